The number of aryl methyl sites for hydroxylation is 1. The number of carbonyl (C=O) groups excluding carboxylic acids is 3. The maximum Gasteiger partial charge on any atom is 0.326 e. The average Bonchev–Trinajstić information content (AvgIpc) is 2.66. The van der Waals surface area contributed by atoms with Gasteiger partial charge in [-0.2, -0.15) is 0 Å². The maximum absolute atomic E-state index is 12.2. The summed E-state index contributed by atoms with van der Waals surface area (Å²) >= 11 is 0.834. The van der Waals surface area contributed by atoms with Crippen molar-refractivity contribution in [1.29, 1.82) is 0 Å². The summed E-state index contributed by atoms with van der Waals surface area (Å²) in [6, 6.07) is 7.60. The highest BCUT2D eigenvalue weighted by molar-refractivity contribution is 8.18. The molecule has 1 saturated heterocycles. The quantitative estimate of drug-likeness (QED) is 0.630. The molecular weight excluding hydrogens is 302 g/mol. The number of esters is 1. The van der Waals surface area contributed by atoms with E-state index < -0.39 is 17.1 Å². The summed E-state index contributed by atoms with van der Waals surface area (Å²) in [6.07, 6.45) is 1.38. The van der Waals surface area contributed by atoms with Crippen LogP contribution >= 0.6 is 11.8 Å². The Labute approximate surface area is 133 Å². The highest BCUT2D eigenvalue weighted by Crippen LogP contribution is 2.32. The van der Waals surface area contributed by atoms with E-state index >= 15 is 0 Å². The standard InChI is InChI=1S/C16H17NO4S/c1-10(2)21-14(18)9-17-15(19)13(22-16(17)20)8-12-6-4-5-11(3)7-12/h4-8,10H,9H2,1-3H3/b13-8+. The van der Waals surface area contributed by atoms with E-state index in [4.69, 9.17) is 4.74 Å². The van der Waals surface area contributed by atoms with E-state index in [1.807, 2.05) is 31.2 Å². The normalized spacial score (nSPS) is 16.7. The van der Waals surface area contributed by atoms with Gasteiger partial charge in [-0.15, -0.1) is 0 Å². The number of benzene rings is 1. The summed E-state index contributed by atoms with van der Waals surface area (Å²) in [7, 11) is 0. The van der Waals surface area contributed by atoms with Gasteiger partial charge >= 0.3 is 5.97 Å². The molecule has 0 saturated carbocycles. The molecule has 1 aromatic carbocycles. The molecule has 0 atom stereocenters. The second-order valence-electron chi connectivity index (χ2n) is 5.22. The van der Waals surface area contributed by atoms with E-state index in [9.17, 15) is 14.4 Å². The summed E-state index contributed by atoms with van der Waals surface area (Å²) in [5.74, 6) is -1.05. The van der Waals surface area contributed by atoms with Gasteiger partial charge < -0.3 is 4.74 Å². The minimum Gasteiger partial charge on any atom is -0.462 e. The Balaban J connectivity index is 2.13. The second kappa shape index (κ2) is 6.79. The van der Waals surface area contributed by atoms with Crippen LogP contribution in [0.1, 0.15) is 25.0 Å². The van der Waals surface area contributed by atoms with Crippen LogP contribution in [-0.4, -0.2) is 34.7 Å². The summed E-state index contributed by atoms with van der Waals surface area (Å²) < 4.78 is 4.96. The van der Waals surface area contributed by atoms with Crippen LogP contribution in [0.2, 0.25) is 0 Å². The zero-order valence-corrected chi connectivity index (χ0v) is 13.5. The van der Waals surface area contributed by atoms with Crippen LogP contribution in [0.15, 0.2) is 29.2 Å². The molecule has 5 nitrogen and oxygen atoms in total. The molecule has 0 spiro atoms. The lowest BCUT2D eigenvalue weighted by molar-refractivity contribution is -0.149. The Morgan fingerprint density at radius 1 is 1.36 bits per heavy atom. The number of hydrogen-bond donors (Lipinski definition) is 0. The van der Waals surface area contributed by atoms with Gasteiger partial charge in [-0.25, -0.2) is 0 Å². The molecule has 0 unspecified atom stereocenters. The molecule has 2 rings (SSSR count). The molecule has 22 heavy (non-hydrogen) atoms. The molecule has 1 heterocycles. The van der Waals surface area contributed by atoms with Gasteiger partial charge in [0.25, 0.3) is 11.1 Å². The lowest BCUT2D eigenvalue weighted by atomic mass is 10.1. The first kappa shape index (κ1) is 16.3. The van der Waals surface area contributed by atoms with E-state index in [0.29, 0.717) is 4.91 Å². The molecule has 116 valence electrons. The molecular formula is C16H17NO4S. The van der Waals surface area contributed by atoms with Crippen molar-refractivity contribution >= 4 is 35.0 Å². The summed E-state index contributed by atoms with van der Waals surface area (Å²) in [5, 5.41) is -0.454. The fourth-order valence-corrected chi connectivity index (χ4v) is 2.82. The molecule has 0 radical (unpaired) electrons. The zero-order valence-electron chi connectivity index (χ0n) is 12.7. The molecule has 1 aromatic rings. The van der Waals surface area contributed by atoms with Crippen molar-refractivity contribution in [1.82, 2.24) is 4.90 Å². The van der Waals surface area contributed by atoms with Crippen LogP contribution in [0.4, 0.5) is 4.79 Å². The Bertz CT molecular complexity index is 651. The van der Waals surface area contributed by atoms with E-state index in [0.717, 1.165) is 27.8 Å². The van der Waals surface area contributed by atoms with Crippen LogP contribution in [-0.2, 0) is 14.3 Å². The molecule has 1 fully saturated rings. The van der Waals surface area contributed by atoms with Crippen molar-refractivity contribution in [2.24, 2.45) is 0 Å². The lowest BCUT2D eigenvalue weighted by Crippen LogP contribution is -2.35. The Morgan fingerprint density at radius 2 is 2.09 bits per heavy atom. The van der Waals surface area contributed by atoms with Gasteiger partial charge in [-0.3, -0.25) is 19.3 Å². The zero-order chi connectivity index (χ0) is 16.3. The second-order valence-corrected chi connectivity index (χ2v) is 6.21. The molecule has 1 aliphatic heterocycles. The van der Waals surface area contributed by atoms with E-state index in [2.05, 4.69) is 0 Å². The largest absolute Gasteiger partial charge is 0.462 e. The lowest BCUT2D eigenvalue weighted by Gasteiger charge is -2.13. The van der Waals surface area contributed by atoms with Crippen molar-refractivity contribution in [2.45, 2.75) is 26.9 Å². The molecule has 1 aliphatic rings. The van der Waals surface area contributed by atoms with Gasteiger partial charge in [0.05, 0.1) is 11.0 Å². The predicted molar refractivity (Wildman–Crippen MR) is 85.1 cm³/mol. The monoisotopic (exact) mass is 319 g/mol. The van der Waals surface area contributed by atoms with Gasteiger partial charge in [-0.05, 0) is 44.2 Å². The van der Waals surface area contributed by atoms with Gasteiger partial charge in [0.1, 0.15) is 6.54 Å². The highest BCUT2D eigenvalue weighted by Gasteiger charge is 2.36. The SMILES string of the molecule is Cc1cccc(/C=C2/SC(=O)N(CC(=O)OC(C)C)C2=O)c1. The number of imide groups is 1. The maximum atomic E-state index is 12.2. The number of amides is 2. The predicted octanol–water partition coefficient (Wildman–Crippen LogP) is 2.98. The van der Waals surface area contributed by atoms with Crippen molar-refractivity contribution in [3.63, 3.8) is 0 Å². The van der Waals surface area contributed by atoms with E-state index in [1.54, 1.807) is 19.9 Å². The fourth-order valence-electron chi connectivity index (χ4n) is 1.98. The Kier molecular flexibility index (Phi) is 5.03. The van der Waals surface area contributed by atoms with Gasteiger partial charge in [0.15, 0.2) is 0 Å². The van der Waals surface area contributed by atoms with Crippen molar-refractivity contribution < 1.29 is 19.1 Å². The Morgan fingerprint density at radius 3 is 2.73 bits per heavy atom. The van der Waals surface area contributed by atoms with Crippen molar-refractivity contribution in [3.05, 3.63) is 40.3 Å². The smallest absolute Gasteiger partial charge is 0.326 e. The molecule has 0 bridgehead atoms. The van der Waals surface area contributed by atoms with Crippen LogP contribution in [0.3, 0.4) is 0 Å². The third kappa shape index (κ3) is 3.98. The number of rotatable bonds is 4. The summed E-state index contributed by atoms with van der Waals surface area (Å²) in [5.41, 5.74) is 1.91. The topological polar surface area (TPSA) is 63.7 Å². The van der Waals surface area contributed by atoms with Crippen molar-refractivity contribution in [2.75, 3.05) is 6.54 Å². The molecule has 0 aromatic heterocycles. The minimum atomic E-state index is -0.589. The average molecular weight is 319 g/mol. The minimum absolute atomic E-state index is 0.282. The highest BCUT2D eigenvalue weighted by atomic mass is 32.2. The third-order valence-electron chi connectivity index (χ3n) is 2.87. The van der Waals surface area contributed by atoms with E-state index in [-0.39, 0.29) is 12.6 Å². The molecule has 6 heteroatoms. The first-order valence-corrected chi connectivity index (χ1v) is 7.70. The van der Waals surface area contributed by atoms with Crippen LogP contribution in [0, 0.1) is 6.92 Å². The molecule has 2 amide bonds. The van der Waals surface area contributed by atoms with Gasteiger partial charge in [0, 0.05) is 0 Å². The first-order valence-electron chi connectivity index (χ1n) is 6.88. The number of hydrogen-bond acceptors (Lipinski definition) is 5. The van der Waals surface area contributed by atoms with Crippen LogP contribution in [0.5, 0.6) is 0 Å². The number of ether oxygens (including phenoxy) is 1. The molecule has 0 N–H and O–H groups in total. The first-order chi connectivity index (χ1) is 10.4. The number of nitrogens with zero attached hydrogens (tertiary/aromatic N) is 1. The third-order valence-corrected chi connectivity index (χ3v) is 3.78. The van der Waals surface area contributed by atoms with Gasteiger partial charge in [0.2, 0.25) is 0 Å². The number of carbonyl (C=O) groups is 3. The van der Waals surface area contributed by atoms with Crippen LogP contribution < -0.4 is 0 Å². The molecule has 0 aliphatic carbocycles. The fraction of sp³-hybridized carbons (Fsp3) is 0.312. The van der Waals surface area contributed by atoms with Gasteiger partial charge in [-0.1, -0.05) is 29.8 Å². The summed E-state index contributed by atoms with van der Waals surface area (Å²) in [4.78, 5) is 37.0. The number of thioether (sulfide) groups is 1. The summed E-state index contributed by atoms with van der Waals surface area (Å²) in [6.45, 7) is 5.02. The van der Waals surface area contributed by atoms with E-state index in [1.165, 1.54) is 0 Å². The Hall–Kier alpha value is -2.08. The van der Waals surface area contributed by atoms with Crippen LogP contribution in [0.25, 0.3) is 6.08 Å². The van der Waals surface area contributed by atoms with Crippen molar-refractivity contribution in [3.8, 4) is 0 Å².